The summed E-state index contributed by atoms with van der Waals surface area (Å²) in [5.41, 5.74) is 7.80. The van der Waals surface area contributed by atoms with Gasteiger partial charge in [0.25, 0.3) is 0 Å². The molecule has 0 radical (unpaired) electrons. The molecule has 0 bridgehead atoms. The maximum absolute atomic E-state index is 11.5. The predicted octanol–water partition coefficient (Wildman–Crippen LogP) is 2.69. The molecule has 2 N–H and O–H groups in total. The van der Waals surface area contributed by atoms with Crippen molar-refractivity contribution in [3.05, 3.63) is 47.7 Å². The van der Waals surface area contributed by atoms with E-state index in [0.717, 1.165) is 22.6 Å². The van der Waals surface area contributed by atoms with Crippen LogP contribution < -0.4 is 5.73 Å². The number of furan rings is 1. The van der Waals surface area contributed by atoms with Crippen molar-refractivity contribution < 1.29 is 13.9 Å². The van der Waals surface area contributed by atoms with Crippen molar-refractivity contribution >= 4 is 5.97 Å². The highest BCUT2D eigenvalue weighted by Crippen LogP contribution is 2.22. The lowest BCUT2D eigenvalue weighted by Crippen LogP contribution is -2.34. The second-order valence-corrected chi connectivity index (χ2v) is 4.67. The highest BCUT2D eigenvalue weighted by atomic mass is 16.5. The minimum Gasteiger partial charge on any atom is -0.465 e. The Labute approximate surface area is 118 Å². The van der Waals surface area contributed by atoms with Crippen LogP contribution in [0.3, 0.4) is 0 Å². The Morgan fingerprint density at radius 2 is 1.95 bits per heavy atom. The van der Waals surface area contributed by atoms with Crippen molar-refractivity contribution in [2.45, 2.75) is 26.3 Å². The van der Waals surface area contributed by atoms with Crippen LogP contribution in [0, 0.1) is 6.92 Å². The van der Waals surface area contributed by atoms with Gasteiger partial charge >= 0.3 is 5.97 Å². The van der Waals surface area contributed by atoms with E-state index in [-0.39, 0.29) is 5.97 Å². The summed E-state index contributed by atoms with van der Waals surface area (Å²) >= 11 is 0. The number of hydrogen-bond donors (Lipinski definition) is 1. The number of rotatable bonds is 5. The van der Waals surface area contributed by atoms with Gasteiger partial charge in [-0.05, 0) is 38.0 Å². The summed E-state index contributed by atoms with van der Waals surface area (Å²) in [6.07, 6.45) is 0.469. The second-order valence-electron chi connectivity index (χ2n) is 4.67. The molecule has 20 heavy (non-hydrogen) atoms. The zero-order valence-electron chi connectivity index (χ0n) is 11.8. The Balaban J connectivity index is 2.03. The van der Waals surface area contributed by atoms with E-state index in [4.69, 9.17) is 14.9 Å². The van der Waals surface area contributed by atoms with E-state index < -0.39 is 6.04 Å². The fourth-order valence-electron chi connectivity index (χ4n) is 1.98. The monoisotopic (exact) mass is 273 g/mol. The molecule has 0 aliphatic rings. The molecule has 0 aliphatic heterocycles. The Bertz CT molecular complexity index is 572. The largest absolute Gasteiger partial charge is 0.465 e. The predicted molar refractivity (Wildman–Crippen MR) is 77.2 cm³/mol. The molecule has 1 atom stereocenters. The number of aryl methyl sites for hydroxylation is 1. The third-order valence-corrected chi connectivity index (χ3v) is 3.02. The summed E-state index contributed by atoms with van der Waals surface area (Å²) in [5.74, 6) is 1.36. The second kappa shape index (κ2) is 6.39. The molecule has 1 unspecified atom stereocenters. The molecular weight excluding hydrogens is 254 g/mol. The molecule has 2 rings (SSSR count). The van der Waals surface area contributed by atoms with Crippen LogP contribution in [0.2, 0.25) is 0 Å². The van der Waals surface area contributed by atoms with Gasteiger partial charge in [-0.15, -0.1) is 0 Å². The standard InChI is InChI=1S/C16H19NO3/c1-3-19-16(18)14(17)10-12-5-7-13(8-6-12)15-9-4-11(2)20-15/h4-9,14H,3,10,17H2,1-2H3. The summed E-state index contributed by atoms with van der Waals surface area (Å²) in [4.78, 5) is 11.5. The minimum absolute atomic E-state index is 0.351. The van der Waals surface area contributed by atoms with E-state index in [2.05, 4.69) is 0 Å². The van der Waals surface area contributed by atoms with Gasteiger partial charge in [-0.1, -0.05) is 24.3 Å². The molecule has 0 saturated carbocycles. The number of carbonyl (C=O) groups is 1. The lowest BCUT2D eigenvalue weighted by atomic mass is 10.0. The first-order valence-corrected chi connectivity index (χ1v) is 6.68. The fourth-order valence-corrected chi connectivity index (χ4v) is 1.98. The van der Waals surface area contributed by atoms with Gasteiger partial charge in [-0.3, -0.25) is 4.79 Å². The van der Waals surface area contributed by atoms with E-state index in [1.54, 1.807) is 6.92 Å². The Morgan fingerprint density at radius 3 is 2.50 bits per heavy atom. The number of benzene rings is 1. The summed E-state index contributed by atoms with van der Waals surface area (Å²) in [6.45, 7) is 4.03. The first kappa shape index (κ1) is 14.3. The van der Waals surface area contributed by atoms with Crippen molar-refractivity contribution in [2.75, 3.05) is 6.61 Å². The average Bonchev–Trinajstić information content (AvgIpc) is 2.86. The summed E-state index contributed by atoms with van der Waals surface area (Å²) in [7, 11) is 0. The van der Waals surface area contributed by atoms with Gasteiger partial charge < -0.3 is 14.9 Å². The van der Waals surface area contributed by atoms with Crippen LogP contribution in [0.15, 0.2) is 40.8 Å². The summed E-state index contributed by atoms with van der Waals surface area (Å²) in [5, 5.41) is 0. The molecular formula is C16H19NO3. The zero-order chi connectivity index (χ0) is 14.5. The molecule has 0 fully saturated rings. The van der Waals surface area contributed by atoms with Gasteiger partial charge in [0.1, 0.15) is 17.6 Å². The summed E-state index contributed by atoms with van der Waals surface area (Å²) < 4.78 is 10.5. The van der Waals surface area contributed by atoms with Crippen LogP contribution in [0.4, 0.5) is 0 Å². The van der Waals surface area contributed by atoms with Crippen molar-refractivity contribution in [3.63, 3.8) is 0 Å². The molecule has 0 spiro atoms. The third-order valence-electron chi connectivity index (χ3n) is 3.02. The maximum atomic E-state index is 11.5. The van der Waals surface area contributed by atoms with Crippen LogP contribution >= 0.6 is 0 Å². The number of hydrogen-bond acceptors (Lipinski definition) is 4. The van der Waals surface area contributed by atoms with Gasteiger partial charge in [-0.25, -0.2) is 0 Å². The van der Waals surface area contributed by atoms with Crippen molar-refractivity contribution in [2.24, 2.45) is 5.73 Å². The number of nitrogens with two attached hydrogens (primary N) is 1. The van der Waals surface area contributed by atoms with Crippen molar-refractivity contribution in [3.8, 4) is 11.3 Å². The Hall–Kier alpha value is -2.07. The van der Waals surface area contributed by atoms with Gasteiger partial charge in [0, 0.05) is 5.56 Å². The van der Waals surface area contributed by atoms with Crippen LogP contribution in [-0.4, -0.2) is 18.6 Å². The van der Waals surface area contributed by atoms with Gasteiger partial charge in [-0.2, -0.15) is 0 Å². The highest BCUT2D eigenvalue weighted by Gasteiger charge is 2.15. The smallest absolute Gasteiger partial charge is 0.323 e. The number of carbonyl (C=O) groups excluding carboxylic acids is 1. The van der Waals surface area contributed by atoms with Crippen LogP contribution in [0.5, 0.6) is 0 Å². The first-order chi connectivity index (χ1) is 9.60. The first-order valence-electron chi connectivity index (χ1n) is 6.68. The topological polar surface area (TPSA) is 65.5 Å². The number of esters is 1. The molecule has 0 aliphatic carbocycles. The summed E-state index contributed by atoms with van der Waals surface area (Å²) in [6, 6.07) is 11.1. The van der Waals surface area contributed by atoms with Crippen molar-refractivity contribution in [1.29, 1.82) is 0 Å². The number of ether oxygens (including phenoxy) is 1. The van der Waals surface area contributed by atoms with Crippen LogP contribution in [0.25, 0.3) is 11.3 Å². The van der Waals surface area contributed by atoms with E-state index in [0.29, 0.717) is 13.0 Å². The Kier molecular flexibility index (Phi) is 4.58. The van der Waals surface area contributed by atoms with E-state index >= 15 is 0 Å². The van der Waals surface area contributed by atoms with E-state index in [1.807, 2.05) is 43.3 Å². The fraction of sp³-hybridized carbons (Fsp3) is 0.312. The van der Waals surface area contributed by atoms with Crippen molar-refractivity contribution in [1.82, 2.24) is 0 Å². The molecule has 0 saturated heterocycles. The van der Waals surface area contributed by atoms with Crippen LogP contribution in [-0.2, 0) is 16.0 Å². The lowest BCUT2D eigenvalue weighted by molar-refractivity contribution is -0.144. The quantitative estimate of drug-likeness (QED) is 0.851. The highest BCUT2D eigenvalue weighted by molar-refractivity contribution is 5.75. The lowest BCUT2D eigenvalue weighted by Gasteiger charge is -2.10. The molecule has 4 heteroatoms. The molecule has 1 heterocycles. The maximum Gasteiger partial charge on any atom is 0.323 e. The Morgan fingerprint density at radius 1 is 1.25 bits per heavy atom. The molecule has 1 aromatic carbocycles. The normalized spacial score (nSPS) is 12.2. The van der Waals surface area contributed by atoms with E-state index in [9.17, 15) is 4.79 Å². The third kappa shape index (κ3) is 3.48. The molecule has 106 valence electrons. The molecule has 0 amide bonds. The minimum atomic E-state index is -0.619. The van der Waals surface area contributed by atoms with Gasteiger partial charge in [0.2, 0.25) is 0 Å². The molecule has 4 nitrogen and oxygen atoms in total. The van der Waals surface area contributed by atoms with E-state index in [1.165, 1.54) is 0 Å². The van der Waals surface area contributed by atoms with Gasteiger partial charge in [0.05, 0.1) is 6.61 Å². The SMILES string of the molecule is CCOC(=O)C(N)Cc1ccc(-c2ccc(C)o2)cc1. The molecule has 2 aromatic rings. The zero-order valence-corrected chi connectivity index (χ0v) is 11.8. The molecule has 1 aromatic heterocycles. The van der Waals surface area contributed by atoms with Gasteiger partial charge in [0.15, 0.2) is 0 Å². The van der Waals surface area contributed by atoms with Crippen LogP contribution in [0.1, 0.15) is 18.2 Å². The average molecular weight is 273 g/mol.